The van der Waals surface area contributed by atoms with Gasteiger partial charge in [0.1, 0.15) is 5.75 Å². The third-order valence-corrected chi connectivity index (χ3v) is 7.51. The molecule has 1 aliphatic heterocycles. The predicted octanol–water partition coefficient (Wildman–Crippen LogP) is 2.34. The third kappa shape index (κ3) is 5.88. The molecule has 0 bridgehead atoms. The van der Waals surface area contributed by atoms with Crippen molar-refractivity contribution in [2.24, 2.45) is 0 Å². The highest BCUT2D eigenvalue weighted by Gasteiger charge is 2.27. The number of sulfonamides is 1. The average molecular weight is 519 g/mol. The number of anilines is 2. The van der Waals surface area contributed by atoms with Crippen molar-refractivity contribution in [2.45, 2.75) is 4.90 Å². The molecule has 2 heterocycles. The first-order chi connectivity index (χ1) is 16.3. The maximum absolute atomic E-state index is 13.0. The molecule has 0 spiro atoms. The van der Waals surface area contributed by atoms with Gasteiger partial charge in [0, 0.05) is 43.5 Å². The molecule has 0 saturated carbocycles. The number of aromatic nitrogens is 2. The maximum Gasteiger partial charge on any atom is 0.278 e. The monoisotopic (exact) mass is 518 g/mol. The van der Waals surface area contributed by atoms with Crippen LogP contribution in [0.5, 0.6) is 5.75 Å². The molecule has 3 aromatic rings. The second-order valence-electron chi connectivity index (χ2n) is 7.91. The summed E-state index contributed by atoms with van der Waals surface area (Å²) in [6.07, 6.45) is 1.45. The zero-order valence-corrected chi connectivity index (χ0v) is 21.0. The smallest absolute Gasteiger partial charge is 0.278 e. The lowest BCUT2D eigenvalue weighted by Gasteiger charge is -2.31. The number of nitrogen functional groups attached to an aromatic ring is 1. The van der Waals surface area contributed by atoms with Crippen LogP contribution in [0.2, 0.25) is 0 Å². The van der Waals surface area contributed by atoms with Gasteiger partial charge in [-0.25, -0.2) is 18.4 Å². The van der Waals surface area contributed by atoms with Crippen LogP contribution < -0.4 is 15.8 Å². The number of benzene rings is 2. The van der Waals surface area contributed by atoms with Gasteiger partial charge >= 0.3 is 0 Å². The lowest BCUT2D eigenvalue weighted by molar-refractivity contribution is 0.102. The van der Waals surface area contributed by atoms with Crippen LogP contribution >= 0.6 is 12.4 Å². The molecular formula is C23H27ClN6O4S. The van der Waals surface area contributed by atoms with Gasteiger partial charge in [0.15, 0.2) is 11.5 Å². The summed E-state index contributed by atoms with van der Waals surface area (Å²) in [4.78, 5) is 23.6. The summed E-state index contributed by atoms with van der Waals surface area (Å²) in [6, 6.07) is 13.3. The molecule has 1 fully saturated rings. The van der Waals surface area contributed by atoms with E-state index >= 15 is 0 Å². The number of carbonyl (C=O) groups excluding carboxylic acids is 1. The Morgan fingerprint density at radius 3 is 2.43 bits per heavy atom. The molecule has 0 atom stereocenters. The molecule has 0 radical (unpaired) electrons. The number of nitrogens with one attached hydrogen (secondary N) is 1. The predicted molar refractivity (Wildman–Crippen MR) is 136 cm³/mol. The highest BCUT2D eigenvalue weighted by Crippen LogP contribution is 2.24. The van der Waals surface area contributed by atoms with Crippen LogP contribution in [0.25, 0.3) is 11.3 Å². The van der Waals surface area contributed by atoms with Gasteiger partial charge < -0.3 is 20.7 Å². The van der Waals surface area contributed by atoms with E-state index in [-0.39, 0.29) is 28.8 Å². The largest absolute Gasteiger partial charge is 0.497 e. The Balaban J connectivity index is 0.00000342. The van der Waals surface area contributed by atoms with Crippen molar-refractivity contribution in [3.63, 3.8) is 0 Å². The SMILES string of the molecule is COc1cccc(NC(=O)c2nc(-c3ccc(S(=O)(=O)N4CCN(C)CC4)cc3)cnc2N)c1.Cl. The lowest BCUT2D eigenvalue weighted by Crippen LogP contribution is -2.46. The number of ether oxygens (including phenoxy) is 1. The summed E-state index contributed by atoms with van der Waals surface area (Å²) < 4.78 is 32.6. The van der Waals surface area contributed by atoms with Crippen LogP contribution in [0.3, 0.4) is 0 Å². The minimum absolute atomic E-state index is 0. The van der Waals surface area contributed by atoms with Crippen LogP contribution in [0.4, 0.5) is 11.5 Å². The molecule has 1 saturated heterocycles. The average Bonchev–Trinajstić information content (AvgIpc) is 2.85. The number of amides is 1. The van der Waals surface area contributed by atoms with Gasteiger partial charge in [0.2, 0.25) is 10.0 Å². The number of rotatable bonds is 6. The number of likely N-dealkylation sites (N-methyl/N-ethyl adjacent to an activating group) is 1. The Hall–Kier alpha value is -3.25. The summed E-state index contributed by atoms with van der Waals surface area (Å²) in [5.74, 6) is 0.0602. The second-order valence-corrected chi connectivity index (χ2v) is 9.84. The van der Waals surface area contributed by atoms with E-state index in [1.54, 1.807) is 36.4 Å². The van der Waals surface area contributed by atoms with E-state index < -0.39 is 15.9 Å². The Bertz CT molecular complexity index is 1300. The first kappa shape index (κ1) is 26.4. The fraction of sp³-hybridized carbons (Fsp3) is 0.261. The summed E-state index contributed by atoms with van der Waals surface area (Å²) in [5, 5.41) is 2.73. The molecule has 1 amide bonds. The van der Waals surface area contributed by atoms with Gasteiger partial charge in [-0.2, -0.15) is 4.31 Å². The standard InChI is InChI=1S/C23H26N6O4S.ClH/c1-28-10-12-29(13-11-28)34(31,32)19-8-6-16(7-9-19)20-15-25-22(24)21(27-20)23(30)26-17-4-3-5-18(14-17)33-2;/h3-9,14-15H,10-13H2,1-2H3,(H2,24,25)(H,26,30);1H. The van der Waals surface area contributed by atoms with Crippen molar-refractivity contribution in [2.75, 3.05) is 51.4 Å². The topological polar surface area (TPSA) is 131 Å². The molecule has 4 rings (SSSR count). The van der Waals surface area contributed by atoms with Crippen LogP contribution in [-0.4, -0.2) is 73.8 Å². The summed E-state index contributed by atoms with van der Waals surface area (Å²) in [5.41, 5.74) is 7.40. The number of methoxy groups -OCH3 is 1. The van der Waals surface area contributed by atoms with Crippen molar-refractivity contribution in [1.29, 1.82) is 0 Å². The Labute approximate surface area is 210 Å². The fourth-order valence-corrected chi connectivity index (χ4v) is 4.99. The summed E-state index contributed by atoms with van der Waals surface area (Å²) >= 11 is 0. The van der Waals surface area contributed by atoms with Gasteiger partial charge in [0.05, 0.1) is 23.9 Å². The Morgan fingerprint density at radius 2 is 1.77 bits per heavy atom. The number of piperazine rings is 1. The molecule has 2 aromatic carbocycles. The van der Waals surface area contributed by atoms with Crippen LogP contribution in [-0.2, 0) is 10.0 Å². The molecule has 3 N–H and O–H groups in total. The van der Waals surface area contributed by atoms with Crippen molar-refractivity contribution < 1.29 is 17.9 Å². The van der Waals surface area contributed by atoms with Gasteiger partial charge in [-0.3, -0.25) is 4.79 Å². The maximum atomic E-state index is 13.0. The zero-order valence-electron chi connectivity index (χ0n) is 19.3. The van der Waals surface area contributed by atoms with Gasteiger partial charge in [-0.15, -0.1) is 12.4 Å². The van der Waals surface area contributed by atoms with E-state index in [1.165, 1.54) is 29.7 Å². The Morgan fingerprint density at radius 1 is 1.09 bits per heavy atom. The number of hydrogen-bond acceptors (Lipinski definition) is 8. The number of carbonyl (C=O) groups is 1. The normalized spacial score (nSPS) is 14.7. The van der Waals surface area contributed by atoms with Crippen LogP contribution in [0, 0.1) is 0 Å². The van der Waals surface area contributed by atoms with E-state index in [4.69, 9.17) is 10.5 Å². The fourth-order valence-electron chi connectivity index (χ4n) is 3.57. The molecule has 0 aliphatic carbocycles. The number of hydrogen-bond donors (Lipinski definition) is 2. The number of halogens is 1. The molecule has 12 heteroatoms. The van der Waals surface area contributed by atoms with Crippen molar-refractivity contribution in [1.82, 2.24) is 19.2 Å². The molecule has 10 nitrogen and oxygen atoms in total. The third-order valence-electron chi connectivity index (χ3n) is 5.59. The van der Waals surface area contributed by atoms with E-state index in [0.717, 1.165) is 0 Å². The molecule has 35 heavy (non-hydrogen) atoms. The highest BCUT2D eigenvalue weighted by atomic mass is 35.5. The van der Waals surface area contributed by atoms with Gasteiger partial charge in [-0.1, -0.05) is 18.2 Å². The first-order valence-electron chi connectivity index (χ1n) is 10.6. The van der Waals surface area contributed by atoms with E-state index in [2.05, 4.69) is 20.2 Å². The van der Waals surface area contributed by atoms with Crippen molar-refractivity contribution in [3.05, 3.63) is 60.4 Å². The summed E-state index contributed by atoms with van der Waals surface area (Å²) in [6.45, 7) is 2.30. The molecule has 1 aliphatic rings. The van der Waals surface area contributed by atoms with Crippen molar-refractivity contribution in [3.8, 4) is 17.0 Å². The molecule has 1 aromatic heterocycles. The minimum Gasteiger partial charge on any atom is -0.497 e. The van der Waals surface area contributed by atoms with Gasteiger partial charge in [0.25, 0.3) is 5.91 Å². The van der Waals surface area contributed by atoms with E-state index in [9.17, 15) is 13.2 Å². The zero-order chi connectivity index (χ0) is 24.3. The van der Waals surface area contributed by atoms with Crippen LogP contribution in [0.15, 0.2) is 59.6 Å². The summed E-state index contributed by atoms with van der Waals surface area (Å²) in [7, 11) is -0.0697. The number of nitrogens with zero attached hydrogens (tertiary/aromatic N) is 4. The van der Waals surface area contributed by atoms with Gasteiger partial charge in [-0.05, 0) is 31.3 Å². The molecular weight excluding hydrogens is 492 g/mol. The minimum atomic E-state index is -3.58. The molecule has 0 unspecified atom stereocenters. The number of nitrogens with two attached hydrogens (primary N) is 1. The second kappa shape index (κ2) is 11.0. The van der Waals surface area contributed by atoms with Crippen LogP contribution in [0.1, 0.15) is 10.5 Å². The Kier molecular flexibility index (Phi) is 8.28. The van der Waals surface area contributed by atoms with E-state index in [1.807, 2.05) is 7.05 Å². The highest BCUT2D eigenvalue weighted by molar-refractivity contribution is 7.89. The lowest BCUT2D eigenvalue weighted by atomic mass is 10.1. The quantitative estimate of drug-likeness (QED) is 0.508. The first-order valence-corrected chi connectivity index (χ1v) is 12.1. The molecule has 186 valence electrons. The van der Waals surface area contributed by atoms with E-state index in [0.29, 0.717) is 48.9 Å². The van der Waals surface area contributed by atoms with Crippen molar-refractivity contribution >= 4 is 39.8 Å².